The molecule has 1 aromatic rings. The molecule has 0 aliphatic rings. The zero-order valence-corrected chi connectivity index (χ0v) is 10.4. The highest BCUT2D eigenvalue weighted by Crippen LogP contribution is 2.19. The van der Waals surface area contributed by atoms with Gasteiger partial charge in [0.2, 0.25) is 10.0 Å². The summed E-state index contributed by atoms with van der Waals surface area (Å²) >= 11 is 0. The van der Waals surface area contributed by atoms with Gasteiger partial charge in [-0.05, 0) is 31.0 Å². The van der Waals surface area contributed by atoms with Crippen LogP contribution in [0, 0.1) is 25.2 Å². The largest absolute Gasteiger partial charge is 0.244 e. The van der Waals surface area contributed by atoms with Crippen molar-refractivity contribution >= 4 is 10.0 Å². The van der Waals surface area contributed by atoms with E-state index in [1.807, 2.05) is 19.1 Å². The second kappa shape index (κ2) is 4.64. The van der Waals surface area contributed by atoms with E-state index in [1.54, 1.807) is 19.1 Å². The van der Waals surface area contributed by atoms with Crippen LogP contribution in [0.3, 0.4) is 0 Å². The van der Waals surface area contributed by atoms with Gasteiger partial charge < -0.3 is 0 Å². The molecule has 0 aliphatic heterocycles. The lowest BCUT2D eigenvalue weighted by Crippen LogP contribution is -2.27. The van der Waals surface area contributed by atoms with Crippen molar-refractivity contribution in [1.29, 1.82) is 5.26 Å². The minimum absolute atomic E-state index is 0.143. The van der Waals surface area contributed by atoms with Crippen molar-refractivity contribution in [3.8, 4) is 6.07 Å². The molecule has 1 aromatic carbocycles. The topological polar surface area (TPSA) is 61.2 Å². The van der Waals surface area contributed by atoms with Gasteiger partial charge in [0.1, 0.15) is 6.54 Å². The van der Waals surface area contributed by atoms with E-state index >= 15 is 0 Å². The van der Waals surface area contributed by atoms with Crippen LogP contribution in [0.4, 0.5) is 0 Å². The van der Waals surface area contributed by atoms with Crippen LogP contribution in [-0.4, -0.2) is 26.3 Å². The van der Waals surface area contributed by atoms with Gasteiger partial charge in [-0.3, -0.25) is 0 Å². The van der Waals surface area contributed by atoms with Gasteiger partial charge in [0.05, 0.1) is 11.0 Å². The summed E-state index contributed by atoms with van der Waals surface area (Å²) in [5.74, 6) is 0. The number of nitrogens with zero attached hydrogens (tertiary/aromatic N) is 2. The molecular formula is C11H14N2O2S. The number of rotatable bonds is 3. The predicted octanol–water partition coefficient (Wildman–Crippen LogP) is 1.45. The molecule has 4 nitrogen and oxygen atoms in total. The highest BCUT2D eigenvalue weighted by molar-refractivity contribution is 7.89. The molecule has 16 heavy (non-hydrogen) atoms. The molecule has 1 rings (SSSR count). The molecule has 0 amide bonds. The van der Waals surface area contributed by atoms with E-state index in [2.05, 4.69) is 0 Å². The SMILES string of the molecule is Cc1ccc(C)c(S(=O)(=O)N(C)CC#N)c1. The number of nitriles is 1. The van der Waals surface area contributed by atoms with E-state index in [0.717, 1.165) is 9.87 Å². The highest BCUT2D eigenvalue weighted by Gasteiger charge is 2.22. The zero-order valence-electron chi connectivity index (χ0n) is 9.56. The quantitative estimate of drug-likeness (QED) is 0.749. The molecule has 0 unspecified atom stereocenters. The smallest absolute Gasteiger partial charge is 0.207 e. The fourth-order valence-electron chi connectivity index (χ4n) is 1.34. The van der Waals surface area contributed by atoms with Crippen LogP contribution in [0.5, 0.6) is 0 Å². The van der Waals surface area contributed by atoms with Crippen LogP contribution < -0.4 is 0 Å². The lowest BCUT2D eigenvalue weighted by Gasteiger charge is -2.15. The summed E-state index contributed by atoms with van der Waals surface area (Å²) in [6, 6.07) is 7.07. The number of sulfonamides is 1. The molecule has 0 saturated carbocycles. The molecule has 5 heteroatoms. The Morgan fingerprint density at radius 1 is 1.38 bits per heavy atom. The monoisotopic (exact) mass is 238 g/mol. The maximum atomic E-state index is 12.1. The lowest BCUT2D eigenvalue weighted by atomic mass is 10.2. The lowest BCUT2D eigenvalue weighted by molar-refractivity contribution is 0.501. The fourth-order valence-corrected chi connectivity index (χ4v) is 2.71. The van der Waals surface area contributed by atoms with E-state index < -0.39 is 10.0 Å². The Morgan fingerprint density at radius 2 is 2.00 bits per heavy atom. The number of aryl methyl sites for hydroxylation is 2. The Kier molecular flexibility index (Phi) is 3.68. The maximum Gasteiger partial charge on any atom is 0.244 e. The van der Waals surface area contributed by atoms with Crippen molar-refractivity contribution in [3.63, 3.8) is 0 Å². The van der Waals surface area contributed by atoms with Crippen LogP contribution >= 0.6 is 0 Å². The van der Waals surface area contributed by atoms with Crippen molar-refractivity contribution in [3.05, 3.63) is 29.3 Å². The maximum absolute atomic E-state index is 12.1. The number of benzene rings is 1. The first-order valence-corrected chi connectivity index (χ1v) is 6.24. The fraction of sp³-hybridized carbons (Fsp3) is 0.364. The molecule has 0 fully saturated rings. The third-order valence-corrected chi connectivity index (χ3v) is 4.27. The summed E-state index contributed by atoms with van der Waals surface area (Å²) < 4.78 is 25.2. The Hall–Kier alpha value is -1.38. The van der Waals surface area contributed by atoms with Crippen LogP contribution in [0.25, 0.3) is 0 Å². The van der Waals surface area contributed by atoms with Gasteiger partial charge in [0, 0.05) is 7.05 Å². The Labute approximate surface area is 96.2 Å². The Bertz CT molecular complexity index is 529. The number of hydrogen-bond donors (Lipinski definition) is 0. The molecule has 0 N–H and O–H groups in total. The molecule has 0 radical (unpaired) electrons. The normalized spacial score (nSPS) is 11.4. The third-order valence-electron chi connectivity index (χ3n) is 2.33. The van der Waals surface area contributed by atoms with Gasteiger partial charge in [0.25, 0.3) is 0 Å². The highest BCUT2D eigenvalue weighted by atomic mass is 32.2. The van der Waals surface area contributed by atoms with Crippen LogP contribution in [0.2, 0.25) is 0 Å². The molecule has 0 spiro atoms. The van der Waals surface area contributed by atoms with Crippen molar-refractivity contribution in [2.45, 2.75) is 18.7 Å². The molecule has 0 heterocycles. The molecule has 0 aromatic heterocycles. The van der Waals surface area contributed by atoms with E-state index in [-0.39, 0.29) is 11.4 Å². The van der Waals surface area contributed by atoms with Crippen molar-refractivity contribution in [2.75, 3.05) is 13.6 Å². The van der Waals surface area contributed by atoms with Crippen molar-refractivity contribution < 1.29 is 8.42 Å². The summed E-state index contributed by atoms with van der Waals surface area (Å²) in [5, 5.41) is 8.51. The molecule has 86 valence electrons. The van der Waals surface area contributed by atoms with Crippen LogP contribution in [0.1, 0.15) is 11.1 Å². The van der Waals surface area contributed by atoms with E-state index in [0.29, 0.717) is 5.56 Å². The van der Waals surface area contributed by atoms with Crippen molar-refractivity contribution in [2.24, 2.45) is 0 Å². The average Bonchev–Trinajstić information content (AvgIpc) is 2.22. The average molecular weight is 238 g/mol. The minimum Gasteiger partial charge on any atom is -0.207 e. The third kappa shape index (κ3) is 2.40. The second-order valence-corrected chi connectivity index (χ2v) is 5.70. The number of hydrogen-bond acceptors (Lipinski definition) is 3. The molecule has 0 bridgehead atoms. The summed E-state index contributed by atoms with van der Waals surface area (Å²) in [7, 11) is -2.14. The van der Waals surface area contributed by atoms with Gasteiger partial charge in [-0.1, -0.05) is 12.1 Å². The van der Waals surface area contributed by atoms with Gasteiger partial charge in [-0.2, -0.15) is 9.57 Å². The summed E-state index contributed by atoms with van der Waals surface area (Å²) in [4.78, 5) is 0.269. The molecule has 0 atom stereocenters. The van der Waals surface area contributed by atoms with Gasteiger partial charge in [-0.25, -0.2) is 8.42 Å². The standard InChI is InChI=1S/C11H14N2O2S/c1-9-4-5-10(2)11(8-9)16(14,15)13(3)7-6-12/h4-5,8H,7H2,1-3H3. The first-order chi connectivity index (χ1) is 7.39. The first-order valence-electron chi connectivity index (χ1n) is 4.80. The predicted molar refractivity (Wildman–Crippen MR) is 61.3 cm³/mol. The summed E-state index contributed by atoms with van der Waals surface area (Å²) in [5.41, 5.74) is 1.57. The van der Waals surface area contributed by atoms with Crippen LogP contribution in [0.15, 0.2) is 23.1 Å². The minimum atomic E-state index is -3.54. The van der Waals surface area contributed by atoms with Gasteiger partial charge in [-0.15, -0.1) is 0 Å². The van der Waals surface area contributed by atoms with Gasteiger partial charge >= 0.3 is 0 Å². The molecule has 0 saturated heterocycles. The van der Waals surface area contributed by atoms with E-state index in [9.17, 15) is 8.42 Å². The first kappa shape index (κ1) is 12.7. The second-order valence-electron chi connectivity index (χ2n) is 3.69. The van der Waals surface area contributed by atoms with E-state index in [1.165, 1.54) is 7.05 Å². The van der Waals surface area contributed by atoms with Crippen LogP contribution in [-0.2, 0) is 10.0 Å². The van der Waals surface area contributed by atoms with E-state index in [4.69, 9.17) is 5.26 Å². The van der Waals surface area contributed by atoms with Gasteiger partial charge in [0.15, 0.2) is 0 Å². The summed E-state index contributed by atoms with van der Waals surface area (Å²) in [6.45, 7) is 3.44. The Balaban J connectivity index is 3.28. The Morgan fingerprint density at radius 3 is 2.56 bits per heavy atom. The molecule has 0 aliphatic carbocycles. The molecular weight excluding hydrogens is 224 g/mol. The van der Waals surface area contributed by atoms with Crippen molar-refractivity contribution in [1.82, 2.24) is 4.31 Å². The summed E-state index contributed by atoms with van der Waals surface area (Å²) in [6.07, 6.45) is 0. The zero-order chi connectivity index (χ0) is 12.3.